The first kappa shape index (κ1) is 24.7. The van der Waals surface area contributed by atoms with Crippen LogP contribution in [0.5, 0.6) is 0 Å². The van der Waals surface area contributed by atoms with Crippen LogP contribution in [0, 0.1) is 23.7 Å². The molecule has 0 aromatic heterocycles. The Hall–Kier alpha value is -2.37. The minimum absolute atomic E-state index is 0.154. The highest BCUT2D eigenvalue weighted by Gasteiger charge is 2.58. The van der Waals surface area contributed by atoms with Gasteiger partial charge in [0.25, 0.3) is 0 Å². The number of carboxylic acid groups (broad SMARTS) is 1. The molecule has 162 valence electrons. The predicted octanol–water partition coefficient (Wildman–Crippen LogP) is 4.31. The van der Waals surface area contributed by atoms with E-state index in [4.69, 9.17) is 9.84 Å². The van der Waals surface area contributed by atoms with Crippen LogP contribution in [0.25, 0.3) is 0 Å². The highest BCUT2D eigenvalue weighted by atomic mass is 16.6. The van der Waals surface area contributed by atoms with Crippen molar-refractivity contribution in [3.8, 4) is 0 Å². The number of aliphatic carboxylic acids is 1. The van der Waals surface area contributed by atoms with Crippen molar-refractivity contribution >= 4 is 17.9 Å². The molecule has 4 bridgehead atoms. The Balaban J connectivity index is 0.000000293. The van der Waals surface area contributed by atoms with Crippen LogP contribution in [0.2, 0.25) is 0 Å². The van der Waals surface area contributed by atoms with Gasteiger partial charge in [-0.15, -0.1) is 0 Å². The molecular weight excluding hydrogens is 372 g/mol. The molecule has 0 aliphatic heterocycles. The lowest BCUT2D eigenvalue weighted by atomic mass is 9.49. The number of esters is 2. The molecule has 0 unspecified atom stereocenters. The van der Waals surface area contributed by atoms with E-state index < -0.39 is 11.9 Å². The Bertz CT molecular complexity index is 605. The Morgan fingerprint density at radius 1 is 1.00 bits per heavy atom. The minimum Gasteiger partial charge on any atom is -0.478 e. The van der Waals surface area contributed by atoms with Crippen molar-refractivity contribution in [2.24, 2.45) is 23.7 Å². The molecule has 4 saturated carbocycles. The van der Waals surface area contributed by atoms with Crippen molar-refractivity contribution in [3.05, 3.63) is 37.5 Å². The molecule has 1 N–H and O–H groups in total. The molecule has 6 heteroatoms. The van der Waals surface area contributed by atoms with Crippen molar-refractivity contribution in [2.75, 3.05) is 7.11 Å². The van der Waals surface area contributed by atoms with Gasteiger partial charge in [-0.1, -0.05) is 26.7 Å². The van der Waals surface area contributed by atoms with Crippen LogP contribution < -0.4 is 0 Å². The highest BCUT2D eigenvalue weighted by Crippen LogP contribution is 2.60. The summed E-state index contributed by atoms with van der Waals surface area (Å²) < 4.78 is 10.00. The van der Waals surface area contributed by atoms with Crippen LogP contribution in [0.4, 0.5) is 0 Å². The largest absolute Gasteiger partial charge is 0.478 e. The van der Waals surface area contributed by atoms with Crippen LogP contribution >= 0.6 is 0 Å². The van der Waals surface area contributed by atoms with Gasteiger partial charge in [0.2, 0.25) is 0 Å². The number of rotatable bonds is 5. The van der Waals surface area contributed by atoms with Crippen molar-refractivity contribution in [1.82, 2.24) is 0 Å². The molecule has 4 fully saturated rings. The molecule has 4 aliphatic rings. The van der Waals surface area contributed by atoms with E-state index in [1.54, 1.807) is 0 Å². The second kappa shape index (κ2) is 11.0. The zero-order valence-electron chi connectivity index (χ0n) is 17.8. The monoisotopic (exact) mass is 406 g/mol. The minimum atomic E-state index is -0.935. The van der Waals surface area contributed by atoms with Crippen molar-refractivity contribution in [2.45, 2.75) is 58.0 Å². The quantitative estimate of drug-likeness (QED) is 0.540. The second-order valence-corrected chi connectivity index (χ2v) is 8.05. The Morgan fingerprint density at radius 3 is 1.66 bits per heavy atom. The van der Waals surface area contributed by atoms with Gasteiger partial charge in [0, 0.05) is 17.7 Å². The first-order chi connectivity index (χ1) is 13.6. The molecule has 0 amide bonds. The third-order valence-corrected chi connectivity index (χ3v) is 6.26. The SMILES string of the molecule is C=C(C)C(=O)O.C=CC(=O)OC.C=CC(=O)OC1(CC)C2CC3CC(C2)CC1C3. The van der Waals surface area contributed by atoms with E-state index in [0.717, 1.165) is 24.3 Å². The van der Waals surface area contributed by atoms with E-state index in [2.05, 4.69) is 31.4 Å². The summed E-state index contributed by atoms with van der Waals surface area (Å²) in [6.07, 6.45) is 9.97. The molecule has 6 nitrogen and oxygen atoms in total. The number of methoxy groups -OCH3 is 1. The fourth-order valence-corrected chi connectivity index (χ4v) is 5.11. The molecular formula is C23H34O6. The van der Waals surface area contributed by atoms with E-state index in [1.165, 1.54) is 52.2 Å². The number of carbonyl (C=O) groups is 3. The third kappa shape index (κ3) is 6.31. The van der Waals surface area contributed by atoms with Gasteiger partial charge in [0.05, 0.1) is 7.11 Å². The zero-order valence-corrected chi connectivity index (χ0v) is 17.8. The molecule has 29 heavy (non-hydrogen) atoms. The van der Waals surface area contributed by atoms with Crippen LogP contribution in [0.3, 0.4) is 0 Å². The van der Waals surface area contributed by atoms with Gasteiger partial charge in [-0.2, -0.15) is 0 Å². The number of carboxylic acids is 1. The smallest absolute Gasteiger partial charge is 0.330 e. The summed E-state index contributed by atoms with van der Waals surface area (Å²) in [4.78, 5) is 31.1. The van der Waals surface area contributed by atoms with E-state index in [9.17, 15) is 14.4 Å². The lowest BCUT2D eigenvalue weighted by Crippen LogP contribution is -2.59. The zero-order chi connectivity index (χ0) is 22.2. The van der Waals surface area contributed by atoms with Crippen LogP contribution in [-0.2, 0) is 23.9 Å². The Kier molecular flexibility index (Phi) is 9.34. The Labute approximate surface area is 173 Å². The van der Waals surface area contributed by atoms with Crippen molar-refractivity contribution < 1.29 is 29.0 Å². The number of carbonyl (C=O) groups excluding carboxylic acids is 2. The van der Waals surface area contributed by atoms with Crippen molar-refractivity contribution in [1.29, 1.82) is 0 Å². The van der Waals surface area contributed by atoms with Crippen molar-refractivity contribution in [3.63, 3.8) is 0 Å². The normalized spacial score (nSPS) is 30.4. The van der Waals surface area contributed by atoms with Gasteiger partial charge in [-0.05, 0) is 69.1 Å². The van der Waals surface area contributed by atoms with Gasteiger partial charge in [0.1, 0.15) is 5.60 Å². The molecule has 4 aliphatic carbocycles. The van der Waals surface area contributed by atoms with E-state index in [0.29, 0.717) is 11.8 Å². The molecule has 0 radical (unpaired) electrons. The summed E-state index contributed by atoms with van der Waals surface area (Å²) in [7, 11) is 1.31. The fraction of sp³-hybridized carbons (Fsp3) is 0.609. The fourth-order valence-electron chi connectivity index (χ4n) is 5.11. The Morgan fingerprint density at radius 2 is 1.41 bits per heavy atom. The molecule has 0 heterocycles. The first-order valence-electron chi connectivity index (χ1n) is 10.1. The summed E-state index contributed by atoms with van der Waals surface area (Å²) in [5.74, 6) is 1.52. The lowest BCUT2D eigenvalue weighted by molar-refractivity contribution is -0.206. The summed E-state index contributed by atoms with van der Waals surface area (Å²) in [5, 5.41) is 7.89. The number of hydrogen-bond donors (Lipinski definition) is 1. The number of hydrogen-bond acceptors (Lipinski definition) is 5. The summed E-state index contributed by atoms with van der Waals surface area (Å²) in [6, 6.07) is 0. The summed E-state index contributed by atoms with van der Waals surface area (Å²) in [5.41, 5.74) is 0.0219. The van der Waals surface area contributed by atoms with Gasteiger partial charge in [0.15, 0.2) is 0 Å². The summed E-state index contributed by atoms with van der Waals surface area (Å²) >= 11 is 0. The lowest BCUT2D eigenvalue weighted by Gasteiger charge is -2.60. The average Bonchev–Trinajstić information content (AvgIpc) is 2.70. The van der Waals surface area contributed by atoms with Gasteiger partial charge in [-0.3, -0.25) is 0 Å². The van der Waals surface area contributed by atoms with Gasteiger partial charge >= 0.3 is 17.9 Å². The molecule has 0 aromatic carbocycles. The van der Waals surface area contributed by atoms with Gasteiger partial charge < -0.3 is 14.6 Å². The van der Waals surface area contributed by atoms with E-state index >= 15 is 0 Å². The van der Waals surface area contributed by atoms with Crippen LogP contribution in [0.15, 0.2) is 37.5 Å². The third-order valence-electron chi connectivity index (χ3n) is 6.26. The second-order valence-electron chi connectivity index (χ2n) is 8.05. The topological polar surface area (TPSA) is 89.9 Å². The van der Waals surface area contributed by atoms with Crippen LogP contribution in [0.1, 0.15) is 52.4 Å². The molecule has 0 saturated heterocycles. The molecule has 4 rings (SSSR count). The van der Waals surface area contributed by atoms with Gasteiger partial charge in [-0.25, -0.2) is 14.4 Å². The maximum atomic E-state index is 11.6. The first-order valence-corrected chi connectivity index (χ1v) is 10.1. The maximum absolute atomic E-state index is 11.6. The summed E-state index contributed by atoms with van der Waals surface area (Å²) in [6.45, 7) is 13.5. The predicted molar refractivity (Wildman–Crippen MR) is 111 cm³/mol. The highest BCUT2D eigenvalue weighted by molar-refractivity contribution is 5.84. The standard InChI is InChI=1S/C15H22O2.2C4H6O2/c1-3-14(16)17-15(4-2)12-6-10-5-11(8-12)9-13(15)7-10;1-3-4(5)6-2;1-3(2)4(5)6/h3,10-13H,1,4-9H2,2H3;3H,1H2,2H3;1H2,2H3,(H,5,6). The maximum Gasteiger partial charge on any atom is 0.330 e. The molecule has 0 atom stereocenters. The molecule has 0 aromatic rings. The van der Waals surface area contributed by atoms with E-state index in [-0.39, 0.29) is 17.1 Å². The van der Waals surface area contributed by atoms with E-state index in [1.807, 2.05) is 0 Å². The average molecular weight is 407 g/mol. The van der Waals surface area contributed by atoms with Crippen LogP contribution in [-0.4, -0.2) is 35.7 Å². The number of ether oxygens (including phenoxy) is 2. The molecule has 0 spiro atoms.